The number of nitrogens with zero attached hydrogens (tertiary/aromatic N) is 2. The van der Waals surface area contributed by atoms with Gasteiger partial charge in [-0.25, -0.2) is 9.97 Å². The summed E-state index contributed by atoms with van der Waals surface area (Å²) in [4.78, 5) is 23.1. The van der Waals surface area contributed by atoms with Crippen LogP contribution in [0.2, 0.25) is 0 Å². The third kappa shape index (κ3) is 3.95. The predicted molar refractivity (Wildman–Crippen MR) is 138 cm³/mol. The molecule has 0 atom stereocenters. The highest BCUT2D eigenvalue weighted by molar-refractivity contribution is 7.21. The van der Waals surface area contributed by atoms with E-state index in [1.807, 2.05) is 54.6 Å². The van der Waals surface area contributed by atoms with Gasteiger partial charge in [-0.1, -0.05) is 30.3 Å². The van der Waals surface area contributed by atoms with Gasteiger partial charge < -0.3 is 15.2 Å². The maximum Gasteiger partial charge on any atom is 0.269 e. The molecule has 0 saturated carbocycles. The van der Waals surface area contributed by atoms with E-state index in [4.69, 9.17) is 20.2 Å². The van der Waals surface area contributed by atoms with Crippen molar-refractivity contribution in [2.75, 3.05) is 25.3 Å². The van der Waals surface area contributed by atoms with Crippen molar-refractivity contribution in [3.63, 3.8) is 0 Å². The van der Waals surface area contributed by atoms with Crippen LogP contribution in [0.3, 0.4) is 0 Å². The Bertz CT molecular complexity index is 1480. The van der Waals surface area contributed by atoms with Crippen LogP contribution in [0.25, 0.3) is 32.6 Å². The van der Waals surface area contributed by atoms with E-state index in [2.05, 4.69) is 10.3 Å². The van der Waals surface area contributed by atoms with E-state index >= 15 is 0 Å². The summed E-state index contributed by atoms with van der Waals surface area (Å²) >= 11 is 2.59. The lowest BCUT2D eigenvalue weighted by Crippen LogP contribution is -2.11. The van der Waals surface area contributed by atoms with Gasteiger partial charge in [-0.2, -0.15) is 0 Å². The Morgan fingerprint density at radius 1 is 1.03 bits per heavy atom. The van der Waals surface area contributed by atoms with E-state index in [1.54, 1.807) is 25.8 Å². The number of aromatic nitrogens is 2. The molecule has 0 aliphatic carbocycles. The molecule has 3 N–H and O–H groups in total. The SMILES string of the molecule is COc1ccc(OC)c(-c2cc(-c3ccccc3)nc3sc(C(=O)Nc4nccs4)c(N)c23)c1. The van der Waals surface area contributed by atoms with Gasteiger partial charge in [0.25, 0.3) is 5.91 Å². The van der Waals surface area contributed by atoms with Crippen LogP contribution in [0.4, 0.5) is 10.8 Å². The Balaban J connectivity index is 1.76. The molecule has 0 unspecified atom stereocenters. The predicted octanol–water partition coefficient (Wildman–Crippen LogP) is 5.94. The van der Waals surface area contributed by atoms with Crippen molar-refractivity contribution in [1.29, 1.82) is 0 Å². The van der Waals surface area contributed by atoms with Gasteiger partial charge in [-0.15, -0.1) is 22.7 Å². The molecule has 170 valence electrons. The first kappa shape index (κ1) is 21.9. The number of hydrogen-bond acceptors (Lipinski definition) is 8. The van der Waals surface area contributed by atoms with Crippen LogP contribution in [-0.2, 0) is 0 Å². The van der Waals surface area contributed by atoms with Gasteiger partial charge >= 0.3 is 0 Å². The number of nitrogens with two attached hydrogens (primary N) is 1. The summed E-state index contributed by atoms with van der Waals surface area (Å²) in [6.07, 6.45) is 1.63. The minimum absolute atomic E-state index is 0.319. The third-order valence-electron chi connectivity index (χ3n) is 5.32. The van der Waals surface area contributed by atoms with Crippen LogP contribution in [0, 0.1) is 0 Å². The van der Waals surface area contributed by atoms with Gasteiger partial charge in [0.15, 0.2) is 5.13 Å². The number of carbonyl (C=O) groups excluding carboxylic acids is 1. The molecule has 3 aromatic heterocycles. The van der Waals surface area contributed by atoms with Crippen LogP contribution in [0.1, 0.15) is 9.67 Å². The number of rotatable bonds is 6. The van der Waals surface area contributed by atoms with Crippen LogP contribution in [-0.4, -0.2) is 30.1 Å². The number of amides is 1. The summed E-state index contributed by atoms with van der Waals surface area (Å²) in [5, 5.41) is 5.81. The summed E-state index contributed by atoms with van der Waals surface area (Å²) < 4.78 is 11.1. The van der Waals surface area contributed by atoms with E-state index in [-0.39, 0.29) is 5.91 Å². The van der Waals surface area contributed by atoms with E-state index in [0.29, 0.717) is 37.4 Å². The number of methoxy groups -OCH3 is 2. The van der Waals surface area contributed by atoms with E-state index < -0.39 is 0 Å². The van der Waals surface area contributed by atoms with Crippen LogP contribution < -0.4 is 20.5 Å². The lowest BCUT2D eigenvalue weighted by molar-refractivity contribution is 0.103. The number of nitrogen functional groups attached to an aromatic ring is 1. The van der Waals surface area contributed by atoms with Crippen molar-refractivity contribution in [2.45, 2.75) is 0 Å². The lowest BCUT2D eigenvalue weighted by Gasteiger charge is -2.13. The zero-order valence-electron chi connectivity index (χ0n) is 18.4. The number of ether oxygens (including phenoxy) is 2. The summed E-state index contributed by atoms with van der Waals surface area (Å²) in [6.45, 7) is 0. The number of thiophene rings is 1. The van der Waals surface area contributed by atoms with Crippen molar-refractivity contribution < 1.29 is 14.3 Å². The minimum Gasteiger partial charge on any atom is -0.497 e. The Morgan fingerprint density at radius 3 is 2.56 bits per heavy atom. The standard InChI is InChI=1S/C25H20N4O3S2/c1-31-15-8-9-19(32-2)16(12-15)17-13-18(14-6-4-3-5-7-14)28-24-20(17)21(26)22(34-24)23(30)29-25-27-10-11-33-25/h3-13H,26H2,1-2H3,(H,27,29,30). The first-order chi connectivity index (χ1) is 16.6. The van der Waals surface area contributed by atoms with Crippen LogP contribution in [0.15, 0.2) is 66.2 Å². The number of nitrogens with one attached hydrogen (secondary N) is 1. The summed E-state index contributed by atoms with van der Waals surface area (Å²) in [6, 6.07) is 17.4. The maximum atomic E-state index is 13.0. The average Bonchev–Trinajstić information content (AvgIpc) is 3.51. The second-order valence-electron chi connectivity index (χ2n) is 7.30. The molecule has 3 heterocycles. The van der Waals surface area contributed by atoms with Crippen molar-refractivity contribution in [3.05, 3.63) is 71.1 Å². The Hall–Kier alpha value is -3.95. The molecular weight excluding hydrogens is 468 g/mol. The zero-order chi connectivity index (χ0) is 23.7. The highest BCUT2D eigenvalue weighted by Gasteiger charge is 2.23. The average molecular weight is 489 g/mol. The highest BCUT2D eigenvalue weighted by atomic mass is 32.1. The van der Waals surface area contributed by atoms with Gasteiger partial charge in [0.2, 0.25) is 0 Å². The molecule has 7 nitrogen and oxygen atoms in total. The van der Waals surface area contributed by atoms with E-state index in [9.17, 15) is 4.79 Å². The fourth-order valence-corrected chi connectivity index (χ4v) is 5.26. The lowest BCUT2D eigenvalue weighted by atomic mass is 9.98. The topological polar surface area (TPSA) is 99.4 Å². The number of anilines is 2. The van der Waals surface area contributed by atoms with Gasteiger partial charge in [-0.05, 0) is 24.3 Å². The quantitative estimate of drug-likeness (QED) is 0.307. The maximum absolute atomic E-state index is 13.0. The minimum atomic E-state index is -0.319. The number of pyridine rings is 1. The molecule has 5 rings (SSSR count). The molecule has 0 spiro atoms. The Labute approximate surface area is 203 Å². The first-order valence-electron chi connectivity index (χ1n) is 10.3. The normalized spacial score (nSPS) is 10.9. The molecule has 5 aromatic rings. The van der Waals surface area contributed by atoms with Gasteiger partial charge in [0, 0.05) is 33.7 Å². The summed E-state index contributed by atoms with van der Waals surface area (Å²) in [7, 11) is 3.23. The summed E-state index contributed by atoms with van der Waals surface area (Å²) in [5.41, 5.74) is 10.3. The molecule has 9 heteroatoms. The molecule has 0 saturated heterocycles. The second kappa shape index (κ2) is 9.12. The van der Waals surface area contributed by atoms with Crippen molar-refractivity contribution in [2.24, 2.45) is 0 Å². The monoisotopic (exact) mass is 488 g/mol. The Kier molecular flexibility index (Phi) is 5.87. The number of hydrogen-bond donors (Lipinski definition) is 2. The smallest absolute Gasteiger partial charge is 0.269 e. The number of thiazole rings is 1. The molecule has 2 aromatic carbocycles. The molecule has 34 heavy (non-hydrogen) atoms. The fourth-order valence-electron chi connectivity index (χ4n) is 3.72. The molecule has 0 aliphatic rings. The van der Waals surface area contributed by atoms with Crippen molar-refractivity contribution >= 4 is 49.6 Å². The fraction of sp³-hybridized carbons (Fsp3) is 0.0800. The molecule has 0 radical (unpaired) electrons. The van der Waals surface area contributed by atoms with Crippen LogP contribution >= 0.6 is 22.7 Å². The largest absolute Gasteiger partial charge is 0.497 e. The zero-order valence-corrected chi connectivity index (χ0v) is 20.0. The molecule has 0 aliphatic heterocycles. The Morgan fingerprint density at radius 2 is 1.85 bits per heavy atom. The van der Waals surface area contributed by atoms with Crippen molar-refractivity contribution in [1.82, 2.24) is 9.97 Å². The molecule has 0 fully saturated rings. The first-order valence-corrected chi connectivity index (χ1v) is 12.0. The number of benzene rings is 2. The molecule has 1 amide bonds. The van der Waals surface area contributed by atoms with E-state index in [1.165, 1.54) is 22.7 Å². The summed E-state index contributed by atoms with van der Waals surface area (Å²) in [5.74, 6) is 1.02. The second-order valence-corrected chi connectivity index (χ2v) is 9.20. The third-order valence-corrected chi connectivity index (χ3v) is 7.11. The number of fused-ring (bicyclic) bond motifs is 1. The molecular formula is C25H20N4O3S2. The van der Waals surface area contributed by atoms with Crippen molar-refractivity contribution in [3.8, 4) is 33.9 Å². The van der Waals surface area contributed by atoms with Gasteiger partial charge in [0.1, 0.15) is 21.2 Å². The van der Waals surface area contributed by atoms with Gasteiger partial charge in [-0.3, -0.25) is 10.1 Å². The van der Waals surface area contributed by atoms with E-state index in [0.717, 1.165) is 22.4 Å². The highest BCUT2D eigenvalue weighted by Crippen LogP contribution is 2.44. The van der Waals surface area contributed by atoms with Crippen LogP contribution in [0.5, 0.6) is 11.5 Å². The number of carbonyl (C=O) groups is 1. The molecule has 0 bridgehead atoms. The van der Waals surface area contributed by atoms with Gasteiger partial charge in [0.05, 0.1) is 25.6 Å².